The molecule has 1 aromatic carbocycles. The molecule has 0 saturated heterocycles. The van der Waals surface area contributed by atoms with Crippen LogP contribution < -0.4 is 5.32 Å². The predicted molar refractivity (Wildman–Crippen MR) is 91.9 cm³/mol. The van der Waals surface area contributed by atoms with Crippen LogP contribution in [0.4, 0.5) is 18.9 Å². The highest BCUT2D eigenvalue weighted by Gasteiger charge is 2.33. The number of hydrogen-bond acceptors (Lipinski definition) is 1. The number of carbonyl (C=O) groups excluding carboxylic acids is 1. The number of hydrogen-bond donors (Lipinski definition) is 1. The van der Waals surface area contributed by atoms with Crippen LogP contribution in [0.2, 0.25) is 0 Å². The second kappa shape index (κ2) is 11.1. The molecule has 0 heterocycles. The highest BCUT2D eigenvalue weighted by Crippen LogP contribution is 2.34. The summed E-state index contributed by atoms with van der Waals surface area (Å²) in [6, 6.07) is 5.08. The van der Waals surface area contributed by atoms with Gasteiger partial charge in [-0.2, -0.15) is 13.2 Å². The first-order valence-electron chi connectivity index (χ1n) is 8.91. The summed E-state index contributed by atoms with van der Waals surface area (Å²) in [5.74, 6) is -0.352. The third-order valence-electron chi connectivity index (χ3n) is 4.01. The number of unbranched alkanes of at least 4 members (excludes halogenated alkanes) is 8. The number of amides is 1. The van der Waals surface area contributed by atoms with E-state index in [1.54, 1.807) is 0 Å². The summed E-state index contributed by atoms with van der Waals surface area (Å²) in [4.78, 5) is 11.8. The standard InChI is InChI=1S/C19H28F3NO/c1-2-3-4-5-6-7-8-9-10-15-18(24)23-17-14-12-11-13-16(17)19(20,21)22/h11-14H,2-10,15H2,1H3,(H,23,24). The van der Waals surface area contributed by atoms with E-state index in [0.717, 1.165) is 25.3 Å². The molecule has 1 N–H and O–H groups in total. The Morgan fingerprint density at radius 1 is 0.917 bits per heavy atom. The van der Waals surface area contributed by atoms with Gasteiger partial charge in [0.1, 0.15) is 0 Å². The Morgan fingerprint density at radius 3 is 2.04 bits per heavy atom. The minimum Gasteiger partial charge on any atom is -0.326 e. The second-order valence-electron chi connectivity index (χ2n) is 6.17. The molecule has 1 aromatic rings. The maximum absolute atomic E-state index is 12.9. The lowest BCUT2D eigenvalue weighted by atomic mass is 10.1. The van der Waals surface area contributed by atoms with Gasteiger partial charge in [-0.3, -0.25) is 4.79 Å². The number of alkyl halides is 3. The molecule has 24 heavy (non-hydrogen) atoms. The van der Waals surface area contributed by atoms with Gasteiger partial charge in [0, 0.05) is 6.42 Å². The van der Waals surface area contributed by atoms with Crippen molar-refractivity contribution in [3.8, 4) is 0 Å². The third kappa shape index (κ3) is 8.37. The van der Waals surface area contributed by atoms with E-state index >= 15 is 0 Å². The summed E-state index contributed by atoms with van der Waals surface area (Å²) in [6.45, 7) is 2.19. The van der Waals surface area contributed by atoms with Gasteiger partial charge in [0.2, 0.25) is 5.91 Å². The Labute approximate surface area is 142 Å². The molecular weight excluding hydrogens is 315 g/mol. The third-order valence-corrected chi connectivity index (χ3v) is 4.01. The fourth-order valence-corrected chi connectivity index (χ4v) is 2.65. The van der Waals surface area contributed by atoms with Crippen LogP contribution in [-0.4, -0.2) is 5.91 Å². The SMILES string of the molecule is CCCCCCCCCCCC(=O)Nc1ccccc1C(F)(F)F. The van der Waals surface area contributed by atoms with Crippen LogP contribution in [0.15, 0.2) is 24.3 Å². The van der Waals surface area contributed by atoms with Gasteiger partial charge in [0.05, 0.1) is 11.3 Å². The van der Waals surface area contributed by atoms with E-state index in [1.807, 2.05) is 0 Å². The van der Waals surface area contributed by atoms with E-state index in [9.17, 15) is 18.0 Å². The monoisotopic (exact) mass is 343 g/mol. The van der Waals surface area contributed by atoms with E-state index in [4.69, 9.17) is 0 Å². The number of nitrogens with one attached hydrogen (secondary N) is 1. The molecule has 0 unspecified atom stereocenters. The molecule has 0 fully saturated rings. The molecule has 0 aliphatic carbocycles. The van der Waals surface area contributed by atoms with Crippen LogP contribution in [0.3, 0.4) is 0 Å². The quantitative estimate of drug-likeness (QED) is 0.453. The molecular formula is C19H28F3NO. The van der Waals surface area contributed by atoms with Crippen LogP contribution in [-0.2, 0) is 11.0 Å². The minimum absolute atomic E-state index is 0.161. The van der Waals surface area contributed by atoms with Gasteiger partial charge in [-0.25, -0.2) is 0 Å². The number of benzene rings is 1. The zero-order valence-corrected chi connectivity index (χ0v) is 14.4. The molecule has 5 heteroatoms. The summed E-state index contributed by atoms with van der Waals surface area (Å²) in [6.07, 6.45) is 6.04. The summed E-state index contributed by atoms with van der Waals surface area (Å²) >= 11 is 0. The largest absolute Gasteiger partial charge is 0.418 e. The molecule has 1 amide bonds. The van der Waals surface area contributed by atoms with E-state index in [-0.39, 0.29) is 18.0 Å². The maximum Gasteiger partial charge on any atom is 0.418 e. The maximum atomic E-state index is 12.9. The average molecular weight is 343 g/mol. The van der Waals surface area contributed by atoms with Gasteiger partial charge in [-0.15, -0.1) is 0 Å². The highest BCUT2D eigenvalue weighted by atomic mass is 19.4. The number of halogens is 3. The Bertz CT molecular complexity index is 486. The van der Waals surface area contributed by atoms with Gasteiger partial charge in [0.15, 0.2) is 0 Å². The molecule has 2 nitrogen and oxygen atoms in total. The highest BCUT2D eigenvalue weighted by molar-refractivity contribution is 5.91. The fourth-order valence-electron chi connectivity index (χ4n) is 2.65. The summed E-state index contributed by atoms with van der Waals surface area (Å²) < 4.78 is 38.6. The molecule has 0 aliphatic rings. The summed E-state index contributed by atoms with van der Waals surface area (Å²) in [5.41, 5.74) is -0.962. The van der Waals surface area contributed by atoms with Crippen LogP contribution in [0.5, 0.6) is 0 Å². The summed E-state index contributed by atoms with van der Waals surface area (Å²) in [7, 11) is 0. The molecule has 0 spiro atoms. The van der Waals surface area contributed by atoms with Crippen molar-refractivity contribution < 1.29 is 18.0 Å². The van der Waals surface area contributed by atoms with Crippen LogP contribution in [0, 0.1) is 0 Å². The molecule has 0 aromatic heterocycles. The normalized spacial score (nSPS) is 11.5. The van der Waals surface area contributed by atoms with Crippen molar-refractivity contribution in [3.63, 3.8) is 0 Å². The number of anilines is 1. The van der Waals surface area contributed by atoms with Gasteiger partial charge in [-0.05, 0) is 18.6 Å². The summed E-state index contributed by atoms with van der Waals surface area (Å²) in [5, 5.41) is 2.38. The predicted octanol–water partition coefficient (Wildman–Crippen LogP) is 6.56. The first kappa shape index (κ1) is 20.5. The Hall–Kier alpha value is -1.52. The van der Waals surface area contributed by atoms with Crippen molar-refractivity contribution in [1.29, 1.82) is 0 Å². The molecule has 0 atom stereocenters. The van der Waals surface area contributed by atoms with Crippen molar-refractivity contribution in [2.45, 2.75) is 77.3 Å². The van der Waals surface area contributed by atoms with Crippen molar-refractivity contribution >= 4 is 11.6 Å². The molecule has 0 aliphatic heterocycles. The number of para-hydroxylation sites is 1. The average Bonchev–Trinajstić information content (AvgIpc) is 2.53. The molecule has 1 rings (SSSR count). The molecule has 0 radical (unpaired) electrons. The van der Waals surface area contributed by atoms with Gasteiger partial charge in [-0.1, -0.05) is 70.4 Å². The lowest BCUT2D eigenvalue weighted by molar-refractivity contribution is -0.137. The number of rotatable bonds is 11. The zero-order chi connectivity index (χ0) is 17.8. The van der Waals surface area contributed by atoms with Crippen molar-refractivity contribution in [2.24, 2.45) is 0 Å². The van der Waals surface area contributed by atoms with E-state index in [1.165, 1.54) is 56.7 Å². The van der Waals surface area contributed by atoms with Gasteiger partial charge < -0.3 is 5.32 Å². The first-order valence-corrected chi connectivity index (χ1v) is 8.91. The van der Waals surface area contributed by atoms with Crippen molar-refractivity contribution in [2.75, 3.05) is 5.32 Å². The van der Waals surface area contributed by atoms with Gasteiger partial charge >= 0.3 is 6.18 Å². The van der Waals surface area contributed by atoms with Gasteiger partial charge in [0.25, 0.3) is 0 Å². The fraction of sp³-hybridized carbons (Fsp3) is 0.632. The van der Waals surface area contributed by atoms with Crippen molar-refractivity contribution in [3.05, 3.63) is 29.8 Å². The molecule has 0 bridgehead atoms. The Balaban J connectivity index is 2.21. The zero-order valence-electron chi connectivity index (χ0n) is 14.4. The van der Waals surface area contributed by atoms with E-state index in [0.29, 0.717) is 0 Å². The minimum atomic E-state index is -4.46. The smallest absolute Gasteiger partial charge is 0.326 e. The topological polar surface area (TPSA) is 29.1 Å². The first-order chi connectivity index (χ1) is 11.4. The Morgan fingerprint density at radius 2 is 1.46 bits per heavy atom. The Kier molecular flexibility index (Phi) is 9.50. The molecule has 0 saturated carbocycles. The molecule has 136 valence electrons. The van der Waals surface area contributed by atoms with Crippen molar-refractivity contribution in [1.82, 2.24) is 0 Å². The van der Waals surface area contributed by atoms with E-state index < -0.39 is 11.7 Å². The van der Waals surface area contributed by atoms with Crippen LogP contribution >= 0.6 is 0 Å². The lowest BCUT2D eigenvalue weighted by Crippen LogP contribution is -2.16. The van der Waals surface area contributed by atoms with Crippen LogP contribution in [0.1, 0.15) is 76.7 Å². The lowest BCUT2D eigenvalue weighted by Gasteiger charge is -2.13. The van der Waals surface area contributed by atoms with E-state index in [2.05, 4.69) is 12.2 Å². The number of carbonyl (C=O) groups is 1. The van der Waals surface area contributed by atoms with Crippen LogP contribution in [0.25, 0.3) is 0 Å². The second-order valence-corrected chi connectivity index (χ2v) is 6.17.